The monoisotopic (exact) mass is 377 g/mol. The minimum Gasteiger partial charge on any atom is -0.477 e. The van der Waals surface area contributed by atoms with Gasteiger partial charge in [-0.15, -0.1) is 11.3 Å². The zero-order chi connectivity index (χ0) is 17.0. The maximum Gasteiger partial charge on any atom is 0.347 e. The van der Waals surface area contributed by atoms with Crippen molar-refractivity contribution in [2.75, 3.05) is 6.54 Å². The van der Waals surface area contributed by atoms with Crippen molar-refractivity contribution >= 4 is 38.9 Å². The molecule has 7 nitrogen and oxygen atoms in total. The first-order valence-electron chi connectivity index (χ1n) is 6.87. The number of carboxylic acids is 1. The molecule has 0 saturated carbocycles. The lowest BCUT2D eigenvalue weighted by Gasteiger charge is -2.08. The van der Waals surface area contributed by atoms with E-state index in [9.17, 15) is 13.2 Å². The van der Waals surface area contributed by atoms with Crippen LogP contribution in [0.15, 0.2) is 23.4 Å². The van der Waals surface area contributed by atoms with E-state index in [1.807, 2.05) is 17.7 Å². The molecular formula is C13H16ClN3O4S2. The van der Waals surface area contributed by atoms with Gasteiger partial charge in [0.2, 0.25) is 10.0 Å². The van der Waals surface area contributed by atoms with Crippen molar-refractivity contribution in [3.05, 3.63) is 33.5 Å². The van der Waals surface area contributed by atoms with Crippen molar-refractivity contribution in [3.8, 4) is 0 Å². The van der Waals surface area contributed by atoms with E-state index in [1.54, 1.807) is 6.20 Å². The van der Waals surface area contributed by atoms with Gasteiger partial charge in [0, 0.05) is 31.9 Å². The number of sulfonamides is 1. The number of imidazole rings is 1. The number of nitrogens with one attached hydrogen (secondary N) is 1. The lowest BCUT2D eigenvalue weighted by molar-refractivity contribution is 0.0698. The molecule has 0 amide bonds. The molecule has 2 heterocycles. The number of hydrogen-bond donors (Lipinski definition) is 2. The Kier molecular flexibility index (Phi) is 5.79. The molecular weight excluding hydrogens is 362 g/mol. The van der Waals surface area contributed by atoms with Gasteiger partial charge in [0.05, 0.1) is 4.34 Å². The van der Waals surface area contributed by atoms with E-state index in [-0.39, 0.29) is 20.7 Å². The average Bonchev–Trinajstić information content (AvgIpc) is 3.09. The third-order valence-corrected chi connectivity index (χ3v) is 6.00. The first kappa shape index (κ1) is 17.9. The van der Waals surface area contributed by atoms with Gasteiger partial charge in [0.15, 0.2) is 0 Å². The quantitative estimate of drug-likeness (QED) is 0.687. The molecule has 23 heavy (non-hydrogen) atoms. The summed E-state index contributed by atoms with van der Waals surface area (Å²) in [5.41, 5.74) is 0. The highest BCUT2D eigenvalue weighted by molar-refractivity contribution is 7.89. The van der Waals surface area contributed by atoms with Crippen LogP contribution in [0.5, 0.6) is 0 Å². The van der Waals surface area contributed by atoms with E-state index in [2.05, 4.69) is 9.71 Å². The maximum atomic E-state index is 12.2. The van der Waals surface area contributed by atoms with Crippen molar-refractivity contribution in [1.29, 1.82) is 0 Å². The van der Waals surface area contributed by atoms with Gasteiger partial charge in [-0.2, -0.15) is 0 Å². The van der Waals surface area contributed by atoms with Crippen LogP contribution in [0.4, 0.5) is 0 Å². The summed E-state index contributed by atoms with van der Waals surface area (Å²) < 4.78 is 28.9. The molecule has 2 N–H and O–H groups in total. The van der Waals surface area contributed by atoms with Crippen LogP contribution >= 0.6 is 22.9 Å². The van der Waals surface area contributed by atoms with Crippen LogP contribution in [0, 0.1) is 0 Å². The fraction of sp³-hybridized carbons (Fsp3) is 0.385. The second-order valence-electron chi connectivity index (χ2n) is 4.69. The predicted octanol–water partition coefficient (Wildman–Crippen LogP) is 2.23. The van der Waals surface area contributed by atoms with E-state index in [0.29, 0.717) is 13.0 Å². The molecule has 0 bridgehead atoms. The minimum atomic E-state index is -3.90. The minimum absolute atomic E-state index is 0.119. The number of aromatic carboxylic acids is 1. The van der Waals surface area contributed by atoms with Crippen LogP contribution in [0.3, 0.4) is 0 Å². The van der Waals surface area contributed by atoms with E-state index < -0.39 is 16.0 Å². The number of hydrogen-bond acceptors (Lipinski definition) is 5. The van der Waals surface area contributed by atoms with E-state index >= 15 is 0 Å². The lowest BCUT2D eigenvalue weighted by atomic mass is 10.4. The molecule has 0 saturated heterocycles. The van der Waals surface area contributed by atoms with Gasteiger partial charge in [0.1, 0.15) is 15.6 Å². The summed E-state index contributed by atoms with van der Waals surface area (Å²) in [5, 5.41) is 9.05. The highest BCUT2D eigenvalue weighted by Crippen LogP contribution is 2.30. The van der Waals surface area contributed by atoms with Gasteiger partial charge >= 0.3 is 5.97 Å². The van der Waals surface area contributed by atoms with Gasteiger partial charge in [0.25, 0.3) is 0 Å². The molecule has 0 aliphatic carbocycles. The summed E-state index contributed by atoms with van der Waals surface area (Å²) in [5.74, 6) is -0.376. The zero-order valence-electron chi connectivity index (χ0n) is 12.3. The maximum absolute atomic E-state index is 12.2. The summed E-state index contributed by atoms with van der Waals surface area (Å²) in [4.78, 5) is 14.7. The molecule has 0 unspecified atom stereocenters. The van der Waals surface area contributed by atoms with Crippen LogP contribution in [-0.2, 0) is 23.0 Å². The van der Waals surface area contributed by atoms with Crippen molar-refractivity contribution in [2.45, 2.75) is 31.2 Å². The molecule has 0 aliphatic heterocycles. The van der Waals surface area contributed by atoms with Gasteiger partial charge in [-0.3, -0.25) is 0 Å². The summed E-state index contributed by atoms with van der Waals surface area (Å²) in [6.45, 7) is 2.81. The van der Waals surface area contributed by atoms with E-state index in [0.717, 1.165) is 29.6 Å². The molecule has 0 spiro atoms. The number of rotatable bonds is 8. The molecule has 126 valence electrons. The molecule has 2 aromatic rings. The van der Waals surface area contributed by atoms with Crippen molar-refractivity contribution in [1.82, 2.24) is 14.3 Å². The summed E-state index contributed by atoms with van der Waals surface area (Å²) in [7, 11) is -3.90. The van der Waals surface area contributed by atoms with E-state index in [1.165, 1.54) is 0 Å². The number of carbonyl (C=O) groups is 1. The van der Waals surface area contributed by atoms with Crippen LogP contribution in [-0.4, -0.2) is 35.6 Å². The molecule has 0 aliphatic rings. The van der Waals surface area contributed by atoms with Crippen LogP contribution in [0.1, 0.15) is 28.8 Å². The third kappa shape index (κ3) is 4.31. The van der Waals surface area contributed by atoms with E-state index in [4.69, 9.17) is 16.7 Å². The Balaban J connectivity index is 1.98. The van der Waals surface area contributed by atoms with Crippen LogP contribution in [0.25, 0.3) is 0 Å². The Hall–Kier alpha value is -1.42. The first-order chi connectivity index (χ1) is 10.8. The first-order valence-corrected chi connectivity index (χ1v) is 9.55. The zero-order valence-corrected chi connectivity index (χ0v) is 14.7. The van der Waals surface area contributed by atoms with Crippen molar-refractivity contribution in [3.63, 3.8) is 0 Å². The number of thiophene rings is 1. The van der Waals surface area contributed by atoms with Crippen molar-refractivity contribution < 1.29 is 18.3 Å². The second-order valence-corrected chi connectivity index (χ2v) is 8.11. The summed E-state index contributed by atoms with van der Waals surface area (Å²) >= 11 is 6.46. The van der Waals surface area contributed by atoms with Crippen molar-refractivity contribution in [2.24, 2.45) is 0 Å². The Morgan fingerprint density at radius 2 is 2.26 bits per heavy atom. The Labute approximate surface area is 143 Å². The van der Waals surface area contributed by atoms with Crippen LogP contribution in [0.2, 0.25) is 4.34 Å². The number of halogens is 1. The number of nitrogens with zero attached hydrogens (tertiary/aromatic N) is 2. The molecule has 0 atom stereocenters. The Bertz CT molecular complexity index is 798. The Morgan fingerprint density at radius 3 is 2.91 bits per heavy atom. The fourth-order valence-electron chi connectivity index (χ4n) is 2.09. The molecule has 0 aromatic carbocycles. The molecule has 10 heteroatoms. The smallest absolute Gasteiger partial charge is 0.347 e. The third-order valence-electron chi connectivity index (χ3n) is 3.14. The second kappa shape index (κ2) is 7.43. The highest BCUT2D eigenvalue weighted by atomic mass is 35.5. The van der Waals surface area contributed by atoms with Gasteiger partial charge < -0.3 is 9.67 Å². The predicted molar refractivity (Wildman–Crippen MR) is 87.7 cm³/mol. The lowest BCUT2D eigenvalue weighted by Crippen LogP contribution is -2.26. The molecule has 2 rings (SSSR count). The average molecular weight is 378 g/mol. The molecule has 0 fully saturated rings. The Morgan fingerprint density at radius 1 is 1.52 bits per heavy atom. The standard InChI is InChI=1S/C13H16ClN3O4S2/c1-2-11-15-5-7-17(11)6-3-4-16-23(20,21)9-8-10(14)22-12(9)13(18)19/h5,7-8,16H,2-4,6H2,1H3,(H,18,19). The highest BCUT2D eigenvalue weighted by Gasteiger charge is 2.25. The molecule has 0 radical (unpaired) electrons. The number of aryl methyl sites for hydroxylation is 2. The number of aromatic nitrogens is 2. The summed E-state index contributed by atoms with van der Waals surface area (Å²) in [6.07, 6.45) is 4.90. The molecule has 2 aromatic heterocycles. The fourth-order valence-corrected chi connectivity index (χ4v) is 4.81. The van der Waals surface area contributed by atoms with Gasteiger partial charge in [-0.05, 0) is 12.5 Å². The largest absolute Gasteiger partial charge is 0.477 e. The number of carboxylic acid groups (broad SMARTS) is 1. The van der Waals surface area contributed by atoms with Gasteiger partial charge in [-0.1, -0.05) is 18.5 Å². The van der Waals surface area contributed by atoms with Crippen LogP contribution < -0.4 is 4.72 Å². The SMILES string of the molecule is CCc1nccn1CCCNS(=O)(=O)c1cc(Cl)sc1C(=O)O. The summed E-state index contributed by atoms with van der Waals surface area (Å²) in [6, 6.07) is 1.16. The topological polar surface area (TPSA) is 101 Å². The normalized spacial score (nSPS) is 11.7. The van der Waals surface area contributed by atoms with Gasteiger partial charge in [-0.25, -0.2) is 22.9 Å².